The second-order valence-electron chi connectivity index (χ2n) is 5.82. The highest BCUT2D eigenvalue weighted by molar-refractivity contribution is 7.09. The number of nitrogens with one attached hydrogen (secondary N) is 1. The molecule has 1 aromatic heterocycles. The summed E-state index contributed by atoms with van der Waals surface area (Å²) in [5, 5.41) is 6.95. The van der Waals surface area contributed by atoms with Crippen LogP contribution in [0, 0.1) is 0 Å². The van der Waals surface area contributed by atoms with Gasteiger partial charge in [0.05, 0.1) is 10.7 Å². The second kappa shape index (κ2) is 7.98. The quantitative estimate of drug-likeness (QED) is 0.743. The molecule has 0 radical (unpaired) electrons. The van der Waals surface area contributed by atoms with Crippen molar-refractivity contribution in [3.63, 3.8) is 0 Å². The Bertz CT molecular complexity index is 357. The lowest BCUT2D eigenvalue weighted by molar-refractivity contribution is 0.136. The van der Waals surface area contributed by atoms with Crippen LogP contribution in [0.3, 0.4) is 0 Å². The summed E-state index contributed by atoms with van der Waals surface area (Å²) in [4.78, 5) is 4.77. The Kier molecular flexibility index (Phi) is 6.97. The molecule has 1 unspecified atom stereocenters. The molecule has 0 aliphatic carbocycles. The van der Waals surface area contributed by atoms with E-state index in [9.17, 15) is 0 Å². The summed E-state index contributed by atoms with van der Waals surface area (Å²) in [7, 11) is 0. The summed E-state index contributed by atoms with van der Waals surface area (Å²) in [6.07, 6.45) is 2.05. The number of ether oxygens (including phenoxy) is 1. The average Bonchev–Trinajstić information content (AvgIpc) is 2.78. The van der Waals surface area contributed by atoms with Crippen LogP contribution < -0.4 is 5.32 Å². The zero-order chi connectivity index (χ0) is 14.3. The van der Waals surface area contributed by atoms with E-state index >= 15 is 0 Å². The van der Waals surface area contributed by atoms with Crippen molar-refractivity contribution in [2.24, 2.45) is 0 Å². The number of thiazole rings is 1. The van der Waals surface area contributed by atoms with Crippen molar-refractivity contribution in [1.29, 1.82) is 0 Å². The van der Waals surface area contributed by atoms with Crippen molar-refractivity contribution >= 4 is 11.3 Å². The third-order valence-corrected chi connectivity index (χ3v) is 3.92. The van der Waals surface area contributed by atoms with E-state index in [0.717, 1.165) is 32.6 Å². The van der Waals surface area contributed by atoms with Gasteiger partial charge in [-0.2, -0.15) is 0 Å². The van der Waals surface area contributed by atoms with Crippen molar-refractivity contribution in [2.45, 2.75) is 58.9 Å². The van der Waals surface area contributed by atoms with Gasteiger partial charge in [0.15, 0.2) is 0 Å². The van der Waals surface area contributed by atoms with Crippen LogP contribution >= 0.6 is 11.3 Å². The number of aromatic nitrogens is 1. The fraction of sp³-hybridized carbons (Fsp3) is 0.800. The van der Waals surface area contributed by atoms with Crippen LogP contribution in [-0.2, 0) is 16.6 Å². The molecule has 110 valence electrons. The van der Waals surface area contributed by atoms with Crippen LogP contribution in [0.1, 0.15) is 51.7 Å². The van der Waals surface area contributed by atoms with E-state index in [0.29, 0.717) is 6.04 Å². The molecular formula is C15H28N2OS. The lowest BCUT2D eigenvalue weighted by Crippen LogP contribution is -2.32. The van der Waals surface area contributed by atoms with E-state index in [1.54, 1.807) is 11.3 Å². The molecule has 0 aromatic carbocycles. The molecule has 1 rings (SSSR count). The molecule has 1 heterocycles. The molecule has 3 nitrogen and oxygen atoms in total. The van der Waals surface area contributed by atoms with Gasteiger partial charge < -0.3 is 10.1 Å². The minimum Gasteiger partial charge on any atom is -0.382 e. The SMILES string of the molecule is CCNC(CCOCC)Cc1nc(C(C)(C)C)cs1. The van der Waals surface area contributed by atoms with Crippen LogP contribution in [-0.4, -0.2) is 30.8 Å². The first-order chi connectivity index (χ1) is 8.97. The van der Waals surface area contributed by atoms with Crippen molar-refractivity contribution in [2.75, 3.05) is 19.8 Å². The smallest absolute Gasteiger partial charge is 0.0944 e. The Hall–Kier alpha value is -0.450. The number of likely N-dealkylation sites (N-methyl/N-ethyl adjacent to an activating group) is 1. The molecule has 19 heavy (non-hydrogen) atoms. The zero-order valence-electron chi connectivity index (χ0n) is 13.0. The zero-order valence-corrected chi connectivity index (χ0v) is 13.8. The lowest BCUT2D eigenvalue weighted by atomic mass is 9.93. The Balaban J connectivity index is 2.55. The first-order valence-corrected chi connectivity index (χ1v) is 8.11. The van der Waals surface area contributed by atoms with Gasteiger partial charge in [-0.05, 0) is 19.9 Å². The molecule has 0 amide bonds. The van der Waals surface area contributed by atoms with Gasteiger partial charge in [-0.15, -0.1) is 11.3 Å². The van der Waals surface area contributed by atoms with Gasteiger partial charge in [0, 0.05) is 36.5 Å². The van der Waals surface area contributed by atoms with Crippen molar-refractivity contribution in [3.05, 3.63) is 16.1 Å². The summed E-state index contributed by atoms with van der Waals surface area (Å²) in [5.74, 6) is 0. The predicted octanol–water partition coefficient (Wildman–Crippen LogP) is 3.39. The third kappa shape index (κ3) is 6.02. The molecule has 0 bridgehead atoms. The van der Waals surface area contributed by atoms with E-state index in [1.165, 1.54) is 10.7 Å². The monoisotopic (exact) mass is 284 g/mol. The average molecular weight is 284 g/mol. The Morgan fingerprint density at radius 2 is 2.11 bits per heavy atom. The van der Waals surface area contributed by atoms with Crippen molar-refractivity contribution in [3.8, 4) is 0 Å². The second-order valence-corrected chi connectivity index (χ2v) is 6.76. The van der Waals surface area contributed by atoms with Crippen LogP contribution in [0.5, 0.6) is 0 Å². The van der Waals surface area contributed by atoms with Gasteiger partial charge in [0.2, 0.25) is 0 Å². The summed E-state index contributed by atoms with van der Waals surface area (Å²) in [6, 6.07) is 0.468. The normalized spacial score (nSPS) is 13.7. The number of hydrogen-bond donors (Lipinski definition) is 1. The fourth-order valence-corrected chi connectivity index (χ4v) is 3.00. The highest BCUT2D eigenvalue weighted by Gasteiger charge is 2.18. The largest absolute Gasteiger partial charge is 0.382 e. The number of nitrogens with zero attached hydrogens (tertiary/aromatic N) is 1. The fourth-order valence-electron chi connectivity index (χ4n) is 1.89. The van der Waals surface area contributed by atoms with Crippen LogP contribution in [0.25, 0.3) is 0 Å². The van der Waals surface area contributed by atoms with E-state index in [-0.39, 0.29) is 5.41 Å². The van der Waals surface area contributed by atoms with Gasteiger partial charge in [0.25, 0.3) is 0 Å². The Labute approximate surface area is 121 Å². The summed E-state index contributed by atoms with van der Waals surface area (Å²) >= 11 is 1.78. The molecule has 4 heteroatoms. The first-order valence-electron chi connectivity index (χ1n) is 7.23. The van der Waals surface area contributed by atoms with Crippen molar-refractivity contribution in [1.82, 2.24) is 10.3 Å². The van der Waals surface area contributed by atoms with Gasteiger partial charge in [-0.1, -0.05) is 27.7 Å². The molecule has 0 aliphatic rings. The van der Waals surface area contributed by atoms with Gasteiger partial charge in [-0.3, -0.25) is 0 Å². The predicted molar refractivity (Wildman–Crippen MR) is 83.1 cm³/mol. The molecule has 0 saturated carbocycles. The van der Waals surface area contributed by atoms with Gasteiger partial charge >= 0.3 is 0 Å². The van der Waals surface area contributed by atoms with Gasteiger partial charge in [-0.25, -0.2) is 4.98 Å². The molecule has 1 aromatic rings. The summed E-state index contributed by atoms with van der Waals surface area (Å²) in [5.41, 5.74) is 1.35. The van der Waals surface area contributed by atoms with E-state index in [4.69, 9.17) is 9.72 Å². The minimum atomic E-state index is 0.147. The van der Waals surface area contributed by atoms with Gasteiger partial charge in [0.1, 0.15) is 0 Å². The van der Waals surface area contributed by atoms with Crippen LogP contribution in [0.4, 0.5) is 0 Å². The van der Waals surface area contributed by atoms with Crippen molar-refractivity contribution < 1.29 is 4.74 Å². The van der Waals surface area contributed by atoms with Crippen LogP contribution in [0.2, 0.25) is 0 Å². The van der Waals surface area contributed by atoms with E-state index in [1.807, 2.05) is 6.92 Å². The molecule has 0 saturated heterocycles. The topological polar surface area (TPSA) is 34.1 Å². The molecule has 0 fully saturated rings. The van der Waals surface area contributed by atoms with E-state index < -0.39 is 0 Å². The number of hydrogen-bond acceptors (Lipinski definition) is 4. The maximum Gasteiger partial charge on any atom is 0.0944 e. The molecular weight excluding hydrogens is 256 g/mol. The third-order valence-electron chi connectivity index (χ3n) is 3.05. The molecule has 1 atom stereocenters. The standard InChI is InChI=1S/C15H28N2OS/c1-6-16-12(8-9-18-7-2)10-14-17-13(11-19-14)15(3,4)5/h11-12,16H,6-10H2,1-5H3. The summed E-state index contributed by atoms with van der Waals surface area (Å²) < 4.78 is 5.45. The summed E-state index contributed by atoms with van der Waals surface area (Å²) in [6.45, 7) is 13.4. The Morgan fingerprint density at radius 1 is 1.37 bits per heavy atom. The van der Waals surface area contributed by atoms with E-state index in [2.05, 4.69) is 38.4 Å². The first kappa shape index (κ1) is 16.6. The molecule has 0 aliphatic heterocycles. The highest BCUT2D eigenvalue weighted by atomic mass is 32.1. The molecule has 1 N–H and O–H groups in total. The number of rotatable bonds is 8. The van der Waals surface area contributed by atoms with Crippen LogP contribution in [0.15, 0.2) is 5.38 Å². The maximum atomic E-state index is 5.45. The maximum absolute atomic E-state index is 5.45. The lowest BCUT2D eigenvalue weighted by Gasteiger charge is -2.17. The highest BCUT2D eigenvalue weighted by Crippen LogP contribution is 2.24. The Morgan fingerprint density at radius 3 is 2.63 bits per heavy atom. The molecule has 0 spiro atoms. The minimum absolute atomic E-state index is 0.147.